The van der Waals surface area contributed by atoms with Crippen molar-refractivity contribution in [2.75, 3.05) is 5.73 Å². The summed E-state index contributed by atoms with van der Waals surface area (Å²) < 4.78 is 40.3. The maximum Gasteiger partial charge on any atom is 0.573 e. The fourth-order valence-corrected chi connectivity index (χ4v) is 1.51. The summed E-state index contributed by atoms with van der Waals surface area (Å²) in [5.74, 6) is -0.239. The molecule has 0 radical (unpaired) electrons. The van der Waals surface area contributed by atoms with Crippen LogP contribution in [0, 0.1) is 0 Å². The maximum absolute atomic E-state index is 12.1. The fraction of sp³-hybridized carbons (Fsp3) is 0.0909. The van der Waals surface area contributed by atoms with Crippen LogP contribution in [0.25, 0.3) is 10.8 Å². The van der Waals surface area contributed by atoms with Gasteiger partial charge in [-0.1, -0.05) is 24.3 Å². The molecule has 0 saturated carbocycles. The number of halogens is 3. The Hall–Kier alpha value is -1.91. The lowest BCUT2D eigenvalue weighted by molar-refractivity contribution is -0.274. The van der Waals surface area contributed by atoms with Crippen molar-refractivity contribution in [2.24, 2.45) is 0 Å². The van der Waals surface area contributed by atoms with Gasteiger partial charge >= 0.3 is 6.36 Å². The Kier molecular flexibility index (Phi) is 2.38. The van der Waals surface area contributed by atoms with Gasteiger partial charge < -0.3 is 10.5 Å². The van der Waals surface area contributed by atoms with E-state index in [0.717, 1.165) is 0 Å². The van der Waals surface area contributed by atoms with Crippen LogP contribution in [0.5, 0.6) is 5.75 Å². The third kappa shape index (κ3) is 2.03. The number of rotatable bonds is 1. The van der Waals surface area contributed by atoms with Crippen LogP contribution in [-0.4, -0.2) is 6.36 Å². The molecule has 0 aromatic heterocycles. The van der Waals surface area contributed by atoms with Crippen LogP contribution in [0.4, 0.5) is 18.9 Å². The first-order valence-corrected chi connectivity index (χ1v) is 4.50. The predicted octanol–water partition coefficient (Wildman–Crippen LogP) is 3.32. The second kappa shape index (κ2) is 3.59. The highest BCUT2D eigenvalue weighted by atomic mass is 19.4. The van der Waals surface area contributed by atoms with Gasteiger partial charge in [0, 0.05) is 16.5 Å². The molecule has 2 N–H and O–H groups in total. The van der Waals surface area contributed by atoms with Crippen LogP contribution >= 0.6 is 0 Å². The van der Waals surface area contributed by atoms with Crippen LogP contribution in [0.1, 0.15) is 0 Å². The zero-order valence-corrected chi connectivity index (χ0v) is 8.08. The predicted molar refractivity (Wildman–Crippen MR) is 55.0 cm³/mol. The standard InChI is InChI=1S/C11H8F3NO/c12-11(13,14)16-10-6-5-9(15)7-3-1-2-4-8(7)10/h1-6H,15H2. The Morgan fingerprint density at radius 3 is 2.19 bits per heavy atom. The van der Waals surface area contributed by atoms with Gasteiger partial charge in [-0.3, -0.25) is 0 Å². The highest BCUT2D eigenvalue weighted by Crippen LogP contribution is 2.33. The first kappa shape index (κ1) is 10.6. The summed E-state index contributed by atoms with van der Waals surface area (Å²) in [5, 5.41) is 0.893. The minimum Gasteiger partial charge on any atom is -0.405 e. The molecule has 0 saturated heterocycles. The lowest BCUT2D eigenvalue weighted by Gasteiger charge is -2.12. The summed E-state index contributed by atoms with van der Waals surface area (Å²) in [5.41, 5.74) is 6.07. The van der Waals surface area contributed by atoms with Crippen LogP contribution in [0.15, 0.2) is 36.4 Å². The average molecular weight is 227 g/mol. The monoisotopic (exact) mass is 227 g/mol. The number of hydrogen-bond donors (Lipinski definition) is 1. The Balaban J connectivity index is 2.59. The lowest BCUT2D eigenvalue weighted by atomic mass is 10.1. The van der Waals surface area contributed by atoms with Crippen LogP contribution < -0.4 is 10.5 Å². The van der Waals surface area contributed by atoms with Crippen LogP contribution in [-0.2, 0) is 0 Å². The molecule has 0 aliphatic heterocycles. The second-order valence-corrected chi connectivity index (χ2v) is 3.25. The molecule has 2 aromatic rings. The van der Waals surface area contributed by atoms with Gasteiger partial charge in [-0.05, 0) is 12.1 Å². The molecule has 0 aliphatic rings. The zero-order chi connectivity index (χ0) is 11.8. The van der Waals surface area contributed by atoms with Crippen molar-refractivity contribution in [2.45, 2.75) is 6.36 Å². The SMILES string of the molecule is Nc1ccc(OC(F)(F)F)c2ccccc12. The Morgan fingerprint density at radius 2 is 1.56 bits per heavy atom. The average Bonchev–Trinajstić information content (AvgIpc) is 2.21. The van der Waals surface area contributed by atoms with Crippen molar-refractivity contribution in [3.63, 3.8) is 0 Å². The number of nitrogen functional groups attached to an aromatic ring is 1. The number of anilines is 1. The van der Waals surface area contributed by atoms with E-state index in [0.29, 0.717) is 16.5 Å². The van der Waals surface area contributed by atoms with Gasteiger partial charge in [-0.25, -0.2) is 0 Å². The molecule has 0 aliphatic carbocycles. The molecule has 2 aromatic carbocycles. The minimum atomic E-state index is -4.70. The normalized spacial score (nSPS) is 11.7. The van der Waals surface area contributed by atoms with Crippen molar-refractivity contribution in [1.29, 1.82) is 0 Å². The largest absolute Gasteiger partial charge is 0.573 e. The Bertz CT molecular complexity index is 522. The van der Waals surface area contributed by atoms with Gasteiger partial charge in [0.1, 0.15) is 5.75 Å². The van der Waals surface area contributed by atoms with Gasteiger partial charge in [0.2, 0.25) is 0 Å². The van der Waals surface area contributed by atoms with Crippen molar-refractivity contribution < 1.29 is 17.9 Å². The highest BCUT2D eigenvalue weighted by molar-refractivity contribution is 5.96. The van der Waals surface area contributed by atoms with Crippen molar-refractivity contribution in [1.82, 2.24) is 0 Å². The van der Waals surface area contributed by atoms with Gasteiger partial charge in [-0.15, -0.1) is 13.2 Å². The Labute approximate surface area is 89.4 Å². The molecule has 0 spiro atoms. The molecule has 0 unspecified atom stereocenters. The molecule has 84 valence electrons. The van der Waals surface area contributed by atoms with E-state index < -0.39 is 6.36 Å². The lowest BCUT2D eigenvalue weighted by Crippen LogP contribution is -2.17. The number of ether oxygens (including phenoxy) is 1. The first-order valence-electron chi connectivity index (χ1n) is 4.50. The summed E-state index contributed by atoms with van der Waals surface area (Å²) in [7, 11) is 0. The van der Waals surface area contributed by atoms with E-state index in [1.165, 1.54) is 18.2 Å². The van der Waals surface area contributed by atoms with E-state index in [1.54, 1.807) is 18.2 Å². The molecule has 16 heavy (non-hydrogen) atoms. The summed E-state index contributed by atoms with van der Waals surface area (Å²) in [4.78, 5) is 0. The van der Waals surface area contributed by atoms with E-state index >= 15 is 0 Å². The quantitative estimate of drug-likeness (QED) is 0.758. The molecule has 2 rings (SSSR count). The number of benzene rings is 2. The highest BCUT2D eigenvalue weighted by Gasteiger charge is 2.31. The maximum atomic E-state index is 12.1. The smallest absolute Gasteiger partial charge is 0.405 e. The number of nitrogens with two attached hydrogens (primary N) is 1. The number of hydrogen-bond acceptors (Lipinski definition) is 2. The van der Waals surface area contributed by atoms with Gasteiger partial charge in [0.15, 0.2) is 0 Å². The van der Waals surface area contributed by atoms with E-state index in [9.17, 15) is 13.2 Å². The molecule has 2 nitrogen and oxygen atoms in total. The molecule has 0 fully saturated rings. The summed E-state index contributed by atoms with van der Waals surface area (Å²) >= 11 is 0. The zero-order valence-electron chi connectivity index (χ0n) is 8.08. The molecule has 0 bridgehead atoms. The topological polar surface area (TPSA) is 35.2 Å². The van der Waals surface area contributed by atoms with Crippen LogP contribution in [0.3, 0.4) is 0 Å². The van der Waals surface area contributed by atoms with Gasteiger partial charge in [0.25, 0.3) is 0 Å². The molecule has 0 amide bonds. The van der Waals surface area contributed by atoms with Crippen molar-refractivity contribution in [3.05, 3.63) is 36.4 Å². The first-order chi connectivity index (χ1) is 7.47. The van der Waals surface area contributed by atoms with E-state index in [4.69, 9.17) is 5.73 Å². The van der Waals surface area contributed by atoms with E-state index in [2.05, 4.69) is 4.74 Å². The van der Waals surface area contributed by atoms with E-state index in [1.807, 2.05) is 0 Å². The molecule has 0 atom stereocenters. The molecular weight excluding hydrogens is 219 g/mol. The van der Waals surface area contributed by atoms with Crippen LogP contribution in [0.2, 0.25) is 0 Å². The van der Waals surface area contributed by atoms with Crippen molar-refractivity contribution >= 4 is 16.5 Å². The molecular formula is C11H8F3NO. The van der Waals surface area contributed by atoms with Gasteiger partial charge in [0.05, 0.1) is 0 Å². The fourth-order valence-electron chi connectivity index (χ4n) is 1.51. The summed E-state index contributed by atoms with van der Waals surface area (Å²) in [6, 6.07) is 9.12. The number of alkyl halides is 3. The molecule has 5 heteroatoms. The van der Waals surface area contributed by atoms with Gasteiger partial charge in [-0.2, -0.15) is 0 Å². The minimum absolute atomic E-state index is 0.239. The third-order valence-corrected chi connectivity index (χ3v) is 2.14. The summed E-state index contributed by atoms with van der Waals surface area (Å²) in [6.45, 7) is 0. The second-order valence-electron chi connectivity index (χ2n) is 3.25. The summed E-state index contributed by atoms with van der Waals surface area (Å²) in [6.07, 6.45) is -4.70. The van der Waals surface area contributed by atoms with E-state index in [-0.39, 0.29) is 5.75 Å². The number of fused-ring (bicyclic) bond motifs is 1. The molecule has 0 heterocycles. The van der Waals surface area contributed by atoms with Crippen molar-refractivity contribution in [3.8, 4) is 5.75 Å². The Morgan fingerprint density at radius 1 is 0.938 bits per heavy atom. The third-order valence-electron chi connectivity index (χ3n) is 2.14.